The summed E-state index contributed by atoms with van der Waals surface area (Å²) in [6, 6.07) is 12.1. The van der Waals surface area contributed by atoms with Crippen LogP contribution in [0.3, 0.4) is 0 Å². The number of rotatable bonds is 6. The highest BCUT2D eigenvalue weighted by molar-refractivity contribution is 6.31. The molecule has 3 rings (SSSR count). The van der Waals surface area contributed by atoms with Gasteiger partial charge in [-0.05, 0) is 42.8 Å². The Morgan fingerprint density at radius 2 is 1.89 bits per heavy atom. The first kappa shape index (κ1) is 19.4. The molecule has 0 saturated carbocycles. The topological polar surface area (TPSA) is 85.4 Å². The van der Waals surface area contributed by atoms with Gasteiger partial charge in [0.1, 0.15) is 17.2 Å². The number of ether oxygens (including phenoxy) is 2. The number of nitrogens with one attached hydrogen (secondary N) is 2. The molecule has 144 valence electrons. The number of amides is 1. The normalized spacial score (nSPS) is 10.3. The van der Waals surface area contributed by atoms with Crippen LogP contribution in [-0.4, -0.2) is 30.1 Å². The molecule has 0 aliphatic carbocycles. The number of anilines is 3. The van der Waals surface area contributed by atoms with Gasteiger partial charge in [0.15, 0.2) is 0 Å². The van der Waals surface area contributed by atoms with Gasteiger partial charge in [-0.25, -0.2) is 9.97 Å². The van der Waals surface area contributed by atoms with Crippen LogP contribution in [0.5, 0.6) is 11.5 Å². The number of aryl methyl sites for hydroxylation is 1. The summed E-state index contributed by atoms with van der Waals surface area (Å²) in [4.78, 5) is 21.0. The Hall–Kier alpha value is -3.32. The highest BCUT2D eigenvalue weighted by atomic mass is 35.5. The van der Waals surface area contributed by atoms with Crippen molar-refractivity contribution in [3.8, 4) is 11.5 Å². The number of benzene rings is 2. The lowest BCUT2D eigenvalue weighted by molar-refractivity contribution is 0.102. The van der Waals surface area contributed by atoms with Crippen LogP contribution in [0.2, 0.25) is 5.02 Å². The smallest absolute Gasteiger partial charge is 0.274 e. The second-order valence-electron chi connectivity index (χ2n) is 5.87. The van der Waals surface area contributed by atoms with E-state index in [9.17, 15) is 4.79 Å². The molecule has 0 atom stereocenters. The predicted octanol–water partition coefficient (Wildman–Crippen LogP) is 4.45. The molecule has 0 bridgehead atoms. The van der Waals surface area contributed by atoms with Gasteiger partial charge in [0.05, 0.1) is 19.9 Å². The Morgan fingerprint density at radius 1 is 1.07 bits per heavy atom. The SMILES string of the molecule is COc1ccc(OC)c(Nc2nccc(C(=O)Nc3ccc(C)c(Cl)c3)n2)c1. The summed E-state index contributed by atoms with van der Waals surface area (Å²) in [5.41, 5.74) is 2.34. The highest BCUT2D eigenvalue weighted by Crippen LogP contribution is 2.30. The van der Waals surface area contributed by atoms with E-state index < -0.39 is 0 Å². The van der Waals surface area contributed by atoms with Gasteiger partial charge in [-0.15, -0.1) is 0 Å². The summed E-state index contributed by atoms with van der Waals surface area (Å²) in [5, 5.41) is 6.39. The second kappa shape index (κ2) is 8.58. The fourth-order valence-electron chi connectivity index (χ4n) is 2.44. The van der Waals surface area contributed by atoms with Crippen LogP contribution in [0.1, 0.15) is 16.1 Å². The first-order valence-electron chi connectivity index (χ1n) is 8.39. The Bertz CT molecular complexity index is 1010. The van der Waals surface area contributed by atoms with Gasteiger partial charge >= 0.3 is 0 Å². The van der Waals surface area contributed by atoms with Crippen LogP contribution in [0.25, 0.3) is 0 Å². The zero-order valence-corrected chi connectivity index (χ0v) is 16.4. The van der Waals surface area contributed by atoms with Crippen LogP contribution < -0.4 is 20.1 Å². The monoisotopic (exact) mass is 398 g/mol. The third kappa shape index (κ3) is 4.50. The third-order valence-electron chi connectivity index (χ3n) is 3.97. The zero-order chi connectivity index (χ0) is 20.1. The van der Waals surface area contributed by atoms with Crippen molar-refractivity contribution >= 4 is 34.8 Å². The van der Waals surface area contributed by atoms with E-state index in [-0.39, 0.29) is 17.5 Å². The van der Waals surface area contributed by atoms with Crippen LogP contribution in [0, 0.1) is 6.92 Å². The first-order valence-corrected chi connectivity index (χ1v) is 8.77. The molecule has 1 aromatic heterocycles. The molecule has 28 heavy (non-hydrogen) atoms. The lowest BCUT2D eigenvalue weighted by Crippen LogP contribution is -2.15. The molecule has 0 radical (unpaired) electrons. The Balaban J connectivity index is 1.80. The van der Waals surface area contributed by atoms with Crippen molar-refractivity contribution in [2.24, 2.45) is 0 Å². The third-order valence-corrected chi connectivity index (χ3v) is 4.38. The quantitative estimate of drug-likeness (QED) is 0.638. The number of carbonyl (C=O) groups excluding carboxylic acids is 1. The van der Waals surface area contributed by atoms with Gasteiger partial charge in [-0.2, -0.15) is 0 Å². The number of nitrogens with zero attached hydrogens (tertiary/aromatic N) is 2. The summed E-state index contributed by atoms with van der Waals surface area (Å²) in [6.07, 6.45) is 1.50. The molecule has 0 fully saturated rings. The summed E-state index contributed by atoms with van der Waals surface area (Å²) in [5.74, 6) is 1.12. The van der Waals surface area contributed by atoms with Crippen molar-refractivity contribution in [3.05, 3.63) is 64.9 Å². The van der Waals surface area contributed by atoms with Gasteiger partial charge < -0.3 is 20.1 Å². The Labute approximate surface area is 167 Å². The average molecular weight is 399 g/mol. The molecule has 3 aromatic rings. The van der Waals surface area contributed by atoms with Crippen LogP contribution in [0.15, 0.2) is 48.7 Å². The van der Waals surface area contributed by atoms with E-state index in [1.54, 1.807) is 44.6 Å². The summed E-state index contributed by atoms with van der Waals surface area (Å²) in [6.45, 7) is 1.89. The molecule has 0 aliphatic rings. The van der Waals surface area contributed by atoms with E-state index in [1.165, 1.54) is 12.3 Å². The van der Waals surface area contributed by atoms with E-state index in [4.69, 9.17) is 21.1 Å². The number of aromatic nitrogens is 2. The maximum absolute atomic E-state index is 12.5. The van der Waals surface area contributed by atoms with Crippen molar-refractivity contribution in [2.45, 2.75) is 6.92 Å². The lowest BCUT2D eigenvalue weighted by Gasteiger charge is -2.12. The molecular formula is C20H19ClN4O3. The predicted molar refractivity (Wildman–Crippen MR) is 109 cm³/mol. The lowest BCUT2D eigenvalue weighted by atomic mass is 10.2. The fourth-order valence-corrected chi connectivity index (χ4v) is 2.62. The molecule has 0 spiro atoms. The molecule has 1 amide bonds. The van der Waals surface area contributed by atoms with Gasteiger partial charge in [0.2, 0.25) is 5.95 Å². The summed E-state index contributed by atoms with van der Waals surface area (Å²) < 4.78 is 10.6. The highest BCUT2D eigenvalue weighted by Gasteiger charge is 2.12. The maximum Gasteiger partial charge on any atom is 0.274 e. The van der Waals surface area contributed by atoms with E-state index in [0.29, 0.717) is 27.9 Å². The van der Waals surface area contributed by atoms with Gasteiger partial charge in [-0.3, -0.25) is 4.79 Å². The molecule has 8 heteroatoms. The minimum Gasteiger partial charge on any atom is -0.497 e. The first-order chi connectivity index (χ1) is 13.5. The van der Waals surface area contributed by atoms with Crippen molar-refractivity contribution in [2.75, 3.05) is 24.9 Å². The van der Waals surface area contributed by atoms with E-state index in [1.807, 2.05) is 13.0 Å². The van der Waals surface area contributed by atoms with Crippen molar-refractivity contribution in [3.63, 3.8) is 0 Å². The number of methoxy groups -OCH3 is 2. The Morgan fingerprint density at radius 3 is 2.61 bits per heavy atom. The minimum absolute atomic E-state index is 0.205. The second-order valence-corrected chi connectivity index (χ2v) is 6.28. The molecule has 0 saturated heterocycles. The van der Waals surface area contributed by atoms with Crippen molar-refractivity contribution < 1.29 is 14.3 Å². The number of hydrogen-bond donors (Lipinski definition) is 2. The largest absolute Gasteiger partial charge is 0.497 e. The molecule has 7 nitrogen and oxygen atoms in total. The standard InChI is InChI=1S/C20H19ClN4O3/c1-12-4-5-13(10-15(12)21)23-19(26)16-8-9-22-20(24-16)25-17-11-14(27-2)6-7-18(17)28-3/h4-11H,1-3H3,(H,23,26)(H,22,24,25). The molecular weight excluding hydrogens is 380 g/mol. The van der Waals surface area contributed by atoms with Gasteiger partial charge in [0, 0.05) is 23.0 Å². The van der Waals surface area contributed by atoms with Gasteiger partial charge in [-0.1, -0.05) is 17.7 Å². The molecule has 0 aliphatic heterocycles. The number of halogens is 1. The van der Waals surface area contributed by atoms with E-state index in [0.717, 1.165) is 5.56 Å². The summed E-state index contributed by atoms with van der Waals surface area (Å²) >= 11 is 6.10. The maximum atomic E-state index is 12.5. The van der Waals surface area contributed by atoms with E-state index in [2.05, 4.69) is 20.6 Å². The van der Waals surface area contributed by atoms with Crippen LogP contribution in [0.4, 0.5) is 17.3 Å². The summed E-state index contributed by atoms with van der Waals surface area (Å²) in [7, 11) is 3.13. The minimum atomic E-state index is -0.372. The average Bonchev–Trinajstić information content (AvgIpc) is 2.71. The van der Waals surface area contributed by atoms with E-state index >= 15 is 0 Å². The fraction of sp³-hybridized carbons (Fsp3) is 0.150. The van der Waals surface area contributed by atoms with Crippen LogP contribution >= 0.6 is 11.6 Å². The Kier molecular flexibility index (Phi) is 5.96. The number of hydrogen-bond acceptors (Lipinski definition) is 6. The molecule has 2 N–H and O–H groups in total. The van der Waals surface area contributed by atoms with Gasteiger partial charge in [0.25, 0.3) is 5.91 Å². The number of carbonyl (C=O) groups is 1. The van der Waals surface area contributed by atoms with Crippen molar-refractivity contribution in [1.29, 1.82) is 0 Å². The molecule has 2 aromatic carbocycles. The zero-order valence-electron chi connectivity index (χ0n) is 15.6. The van der Waals surface area contributed by atoms with Crippen LogP contribution in [-0.2, 0) is 0 Å². The molecule has 1 heterocycles. The van der Waals surface area contributed by atoms with Crippen molar-refractivity contribution in [1.82, 2.24) is 9.97 Å². The molecule has 0 unspecified atom stereocenters.